The largest absolute Gasteiger partial charge is 0.352 e. The predicted octanol–water partition coefficient (Wildman–Crippen LogP) is 2.57. The molecule has 0 aliphatic heterocycles. The Bertz CT molecular complexity index is 687. The second-order valence-corrected chi connectivity index (χ2v) is 5.23. The van der Waals surface area contributed by atoms with Gasteiger partial charge in [-0.3, -0.25) is 9.59 Å². The van der Waals surface area contributed by atoms with Gasteiger partial charge >= 0.3 is 0 Å². The number of hydrogen-bond donors (Lipinski definition) is 2. The molecule has 2 rings (SSSR count). The molecule has 2 N–H and O–H groups in total. The summed E-state index contributed by atoms with van der Waals surface area (Å²) in [7, 11) is 0. The molecule has 2 aromatic carbocycles. The Balaban J connectivity index is 1.71. The quantitative estimate of drug-likeness (QED) is 0.861. The smallest absolute Gasteiger partial charge is 0.251 e. The Morgan fingerprint density at radius 1 is 1.04 bits per heavy atom. The van der Waals surface area contributed by atoms with E-state index in [-0.39, 0.29) is 37.1 Å². The number of carbonyl (C=O) groups excluding carboxylic acids is 2. The van der Waals surface area contributed by atoms with Gasteiger partial charge in [-0.25, -0.2) is 4.39 Å². The predicted molar refractivity (Wildman–Crippen MR) is 86.4 cm³/mol. The Labute approximate surface area is 134 Å². The van der Waals surface area contributed by atoms with Crippen LogP contribution in [0.5, 0.6) is 0 Å². The van der Waals surface area contributed by atoms with Crippen molar-refractivity contribution in [2.75, 3.05) is 6.54 Å². The van der Waals surface area contributed by atoms with E-state index in [0.717, 1.165) is 0 Å². The highest BCUT2D eigenvalue weighted by atomic mass is 19.1. The lowest BCUT2D eigenvalue weighted by Gasteiger charge is -2.07. The highest BCUT2D eigenvalue weighted by Crippen LogP contribution is 2.08. The molecule has 23 heavy (non-hydrogen) atoms. The molecule has 0 radical (unpaired) electrons. The molecule has 2 amide bonds. The maximum Gasteiger partial charge on any atom is 0.251 e. The van der Waals surface area contributed by atoms with Crippen LogP contribution >= 0.6 is 0 Å². The number of nitrogens with one attached hydrogen (secondary N) is 2. The maximum absolute atomic E-state index is 13.4. The summed E-state index contributed by atoms with van der Waals surface area (Å²) in [5.74, 6) is -0.690. The zero-order valence-corrected chi connectivity index (χ0v) is 12.9. The van der Waals surface area contributed by atoms with Crippen molar-refractivity contribution >= 4 is 11.8 Å². The lowest BCUT2D eigenvalue weighted by Crippen LogP contribution is -2.30. The number of amides is 2. The zero-order chi connectivity index (χ0) is 16.7. The van der Waals surface area contributed by atoms with E-state index in [0.29, 0.717) is 16.7 Å². The molecule has 0 spiro atoms. The van der Waals surface area contributed by atoms with Crippen LogP contribution in [0.25, 0.3) is 0 Å². The molecule has 0 saturated heterocycles. The summed E-state index contributed by atoms with van der Waals surface area (Å²) in [6.07, 6.45) is 0.174. The fraction of sp³-hybridized carbons (Fsp3) is 0.222. The molecule has 0 heterocycles. The third-order valence-electron chi connectivity index (χ3n) is 3.40. The van der Waals surface area contributed by atoms with Gasteiger partial charge in [-0.15, -0.1) is 0 Å². The average Bonchev–Trinajstić information content (AvgIpc) is 2.56. The van der Waals surface area contributed by atoms with Crippen molar-refractivity contribution in [3.05, 3.63) is 71.0 Å². The van der Waals surface area contributed by atoms with Gasteiger partial charge in [-0.1, -0.05) is 30.3 Å². The van der Waals surface area contributed by atoms with Crippen LogP contribution in [-0.4, -0.2) is 18.4 Å². The summed E-state index contributed by atoms with van der Waals surface area (Å²) >= 11 is 0. The Kier molecular flexibility index (Phi) is 5.86. The zero-order valence-electron chi connectivity index (χ0n) is 12.9. The molecule has 0 atom stereocenters. The molecule has 0 saturated carbocycles. The van der Waals surface area contributed by atoms with Crippen LogP contribution in [0.1, 0.15) is 27.9 Å². The lowest BCUT2D eigenvalue weighted by atomic mass is 10.1. The van der Waals surface area contributed by atoms with Crippen molar-refractivity contribution in [3.8, 4) is 0 Å². The highest BCUT2D eigenvalue weighted by Gasteiger charge is 2.06. The van der Waals surface area contributed by atoms with E-state index in [2.05, 4.69) is 10.6 Å². The normalized spacial score (nSPS) is 10.2. The van der Waals surface area contributed by atoms with E-state index >= 15 is 0 Å². The summed E-state index contributed by atoms with van der Waals surface area (Å²) in [5, 5.41) is 5.39. The number of halogens is 1. The van der Waals surface area contributed by atoms with Crippen LogP contribution < -0.4 is 10.6 Å². The minimum atomic E-state index is -0.285. The molecule has 120 valence electrons. The van der Waals surface area contributed by atoms with Gasteiger partial charge in [0.2, 0.25) is 5.91 Å². The number of benzene rings is 2. The second-order valence-electron chi connectivity index (χ2n) is 5.23. The number of hydrogen-bond acceptors (Lipinski definition) is 2. The van der Waals surface area contributed by atoms with E-state index in [1.807, 2.05) is 6.07 Å². The number of rotatable bonds is 6. The average molecular weight is 314 g/mol. The van der Waals surface area contributed by atoms with Gasteiger partial charge in [0.15, 0.2) is 0 Å². The molecule has 5 heteroatoms. The molecular formula is C18H19FN2O2. The van der Waals surface area contributed by atoms with Crippen LogP contribution in [0.2, 0.25) is 0 Å². The van der Waals surface area contributed by atoms with Gasteiger partial charge in [0.05, 0.1) is 0 Å². The SMILES string of the molecule is Cc1ccc(CNC(=O)CCNC(=O)c2ccccc2)cc1F. The molecule has 0 bridgehead atoms. The van der Waals surface area contributed by atoms with Gasteiger partial charge in [0.25, 0.3) is 5.91 Å². The highest BCUT2D eigenvalue weighted by molar-refractivity contribution is 5.94. The van der Waals surface area contributed by atoms with Crippen LogP contribution in [-0.2, 0) is 11.3 Å². The van der Waals surface area contributed by atoms with Crippen molar-refractivity contribution in [1.29, 1.82) is 0 Å². The first-order chi connectivity index (χ1) is 11.1. The van der Waals surface area contributed by atoms with E-state index < -0.39 is 0 Å². The molecule has 0 aromatic heterocycles. The van der Waals surface area contributed by atoms with Crippen molar-refractivity contribution in [3.63, 3.8) is 0 Å². The molecule has 0 unspecified atom stereocenters. The van der Waals surface area contributed by atoms with Crippen LogP contribution in [0.4, 0.5) is 4.39 Å². The first-order valence-corrected chi connectivity index (χ1v) is 7.41. The summed E-state index contributed by atoms with van der Waals surface area (Å²) in [6, 6.07) is 13.7. The van der Waals surface area contributed by atoms with Gasteiger partial charge in [0.1, 0.15) is 5.82 Å². The van der Waals surface area contributed by atoms with Crippen molar-refractivity contribution in [2.24, 2.45) is 0 Å². The molecule has 0 aliphatic rings. The summed E-state index contributed by atoms with van der Waals surface area (Å²) in [4.78, 5) is 23.5. The third-order valence-corrected chi connectivity index (χ3v) is 3.40. The van der Waals surface area contributed by atoms with E-state index in [9.17, 15) is 14.0 Å². The first kappa shape index (κ1) is 16.7. The molecule has 4 nitrogen and oxygen atoms in total. The summed E-state index contributed by atoms with van der Waals surface area (Å²) < 4.78 is 13.4. The Morgan fingerprint density at radius 3 is 2.48 bits per heavy atom. The second kappa shape index (κ2) is 8.08. The first-order valence-electron chi connectivity index (χ1n) is 7.41. The third kappa shape index (κ3) is 5.21. The van der Waals surface area contributed by atoms with Gasteiger partial charge in [-0.05, 0) is 36.2 Å². The lowest BCUT2D eigenvalue weighted by molar-refractivity contribution is -0.121. The standard InChI is InChI=1S/C18H19FN2O2/c1-13-7-8-14(11-16(13)19)12-21-17(22)9-10-20-18(23)15-5-3-2-4-6-15/h2-8,11H,9-10,12H2,1H3,(H,20,23)(H,21,22). The van der Waals surface area contributed by atoms with Crippen LogP contribution in [0.15, 0.2) is 48.5 Å². The van der Waals surface area contributed by atoms with Gasteiger partial charge in [0, 0.05) is 25.1 Å². The van der Waals surface area contributed by atoms with Gasteiger partial charge in [-0.2, -0.15) is 0 Å². The Morgan fingerprint density at radius 2 is 1.78 bits per heavy atom. The minimum Gasteiger partial charge on any atom is -0.352 e. The summed E-state index contributed by atoms with van der Waals surface area (Å²) in [6.45, 7) is 2.21. The monoisotopic (exact) mass is 314 g/mol. The van der Waals surface area contributed by atoms with Gasteiger partial charge < -0.3 is 10.6 Å². The fourth-order valence-corrected chi connectivity index (χ4v) is 2.02. The molecule has 0 fully saturated rings. The van der Waals surface area contributed by atoms with Crippen molar-refractivity contribution in [2.45, 2.75) is 19.9 Å². The van der Waals surface area contributed by atoms with Crippen LogP contribution in [0, 0.1) is 12.7 Å². The molecule has 0 aliphatic carbocycles. The maximum atomic E-state index is 13.4. The molecule has 2 aromatic rings. The molecular weight excluding hydrogens is 295 g/mol. The van der Waals surface area contributed by atoms with E-state index in [1.165, 1.54) is 6.07 Å². The van der Waals surface area contributed by atoms with Crippen LogP contribution in [0.3, 0.4) is 0 Å². The van der Waals surface area contributed by atoms with E-state index in [4.69, 9.17) is 0 Å². The Hall–Kier alpha value is -2.69. The minimum absolute atomic E-state index is 0.174. The topological polar surface area (TPSA) is 58.2 Å². The van der Waals surface area contributed by atoms with Crippen molar-refractivity contribution < 1.29 is 14.0 Å². The number of aryl methyl sites for hydroxylation is 1. The summed E-state index contributed by atoms with van der Waals surface area (Å²) in [5.41, 5.74) is 1.83. The van der Waals surface area contributed by atoms with Crippen molar-refractivity contribution in [1.82, 2.24) is 10.6 Å². The van der Waals surface area contributed by atoms with E-state index in [1.54, 1.807) is 43.3 Å². The number of carbonyl (C=O) groups is 2. The fourth-order valence-electron chi connectivity index (χ4n) is 2.02.